The molecule has 0 aliphatic carbocycles. The van der Waals surface area contributed by atoms with Crippen LogP contribution < -0.4 is 14.8 Å². The number of hydrogen-bond donors (Lipinski definition) is 1. The summed E-state index contributed by atoms with van der Waals surface area (Å²) in [4.78, 5) is 12.7. The second kappa shape index (κ2) is 10.8. The summed E-state index contributed by atoms with van der Waals surface area (Å²) in [7, 11) is 0. The number of anilines is 1. The maximum atomic E-state index is 12.7. The van der Waals surface area contributed by atoms with E-state index in [1.807, 2.05) is 39.0 Å². The Labute approximate surface area is 195 Å². The van der Waals surface area contributed by atoms with Gasteiger partial charge in [0.2, 0.25) is 0 Å². The average molecular weight is 587 g/mol. The number of benzene rings is 2. The smallest absolute Gasteiger partial charge is 0.266 e. The molecule has 0 radical (unpaired) electrons. The minimum atomic E-state index is -0.513. The fourth-order valence-electron chi connectivity index (χ4n) is 2.53. The third kappa shape index (κ3) is 6.08. The Morgan fingerprint density at radius 2 is 1.69 bits per heavy atom. The van der Waals surface area contributed by atoms with Crippen molar-refractivity contribution in [3.8, 4) is 17.6 Å². The van der Waals surface area contributed by atoms with Crippen LogP contribution in [-0.4, -0.2) is 19.1 Å². The fraction of sp³-hybridized carbons (Fsp3) is 0.238. The summed E-state index contributed by atoms with van der Waals surface area (Å²) in [5.41, 5.74) is 2.19. The third-order valence-electron chi connectivity index (χ3n) is 3.72. The summed E-state index contributed by atoms with van der Waals surface area (Å²) in [5, 5.41) is 12.3. The van der Waals surface area contributed by atoms with Gasteiger partial charge in [0, 0.05) is 8.95 Å². The first-order chi connectivity index (χ1) is 13.8. The molecule has 0 aliphatic rings. The highest BCUT2D eigenvalue weighted by Crippen LogP contribution is 2.38. The Balaban J connectivity index is 2.39. The highest BCUT2D eigenvalue weighted by molar-refractivity contribution is 9.11. The number of aryl methyl sites for hydroxylation is 1. The molecule has 152 valence electrons. The number of carbonyl (C=O) groups excluding carboxylic acids is 1. The molecule has 0 bridgehead atoms. The summed E-state index contributed by atoms with van der Waals surface area (Å²) in [6.07, 6.45) is 1.51. The van der Waals surface area contributed by atoms with E-state index in [4.69, 9.17) is 9.47 Å². The van der Waals surface area contributed by atoms with Gasteiger partial charge in [0.25, 0.3) is 5.91 Å². The quantitative estimate of drug-likeness (QED) is 0.292. The SMILES string of the molecule is CCOc1cc(/C=C(\C#N)C(=O)Nc2c(Br)cc(C)cc2Br)cc(Br)c1OCC. The Morgan fingerprint density at radius 1 is 1.07 bits per heavy atom. The molecule has 0 saturated carbocycles. The van der Waals surface area contributed by atoms with Crippen molar-refractivity contribution >= 4 is 65.5 Å². The van der Waals surface area contributed by atoms with Crippen LogP contribution in [0.4, 0.5) is 5.69 Å². The van der Waals surface area contributed by atoms with Gasteiger partial charge in [-0.05, 0) is 110 Å². The molecular weight excluding hydrogens is 568 g/mol. The Morgan fingerprint density at radius 3 is 2.24 bits per heavy atom. The van der Waals surface area contributed by atoms with Crippen molar-refractivity contribution in [3.63, 3.8) is 0 Å². The van der Waals surface area contributed by atoms with Crippen molar-refractivity contribution in [1.29, 1.82) is 5.26 Å². The van der Waals surface area contributed by atoms with Gasteiger partial charge < -0.3 is 14.8 Å². The van der Waals surface area contributed by atoms with E-state index in [1.165, 1.54) is 6.08 Å². The molecule has 0 aromatic heterocycles. The van der Waals surface area contributed by atoms with Gasteiger partial charge in [-0.1, -0.05) is 0 Å². The maximum Gasteiger partial charge on any atom is 0.266 e. The van der Waals surface area contributed by atoms with E-state index in [-0.39, 0.29) is 5.57 Å². The monoisotopic (exact) mass is 584 g/mol. The Bertz CT molecular complexity index is 974. The maximum absolute atomic E-state index is 12.7. The predicted molar refractivity (Wildman–Crippen MR) is 125 cm³/mol. The van der Waals surface area contributed by atoms with E-state index >= 15 is 0 Å². The molecular formula is C21H19Br3N2O3. The van der Waals surface area contributed by atoms with Crippen LogP contribution >= 0.6 is 47.8 Å². The minimum absolute atomic E-state index is 0.0390. The first-order valence-electron chi connectivity index (χ1n) is 8.78. The molecule has 2 rings (SSSR count). The van der Waals surface area contributed by atoms with Crippen molar-refractivity contribution in [2.75, 3.05) is 18.5 Å². The summed E-state index contributed by atoms with van der Waals surface area (Å²) >= 11 is 10.3. The minimum Gasteiger partial charge on any atom is -0.490 e. The van der Waals surface area contributed by atoms with Gasteiger partial charge in [0.1, 0.15) is 11.6 Å². The van der Waals surface area contributed by atoms with Gasteiger partial charge in [-0.15, -0.1) is 0 Å². The van der Waals surface area contributed by atoms with Gasteiger partial charge >= 0.3 is 0 Å². The standard InChI is InChI=1S/C21H19Br3N2O3/c1-4-28-18-10-13(9-17(24)20(18)29-5-2)8-14(11-25)21(27)26-19-15(22)6-12(3)7-16(19)23/h6-10H,4-5H2,1-3H3,(H,26,27)/b14-8+. The van der Waals surface area contributed by atoms with Crippen LogP contribution in [0, 0.1) is 18.3 Å². The molecule has 0 fully saturated rings. The van der Waals surface area contributed by atoms with E-state index in [0.29, 0.717) is 40.4 Å². The van der Waals surface area contributed by atoms with Gasteiger partial charge in [-0.2, -0.15) is 5.26 Å². The van der Waals surface area contributed by atoms with E-state index in [2.05, 4.69) is 53.1 Å². The number of nitriles is 1. The zero-order valence-electron chi connectivity index (χ0n) is 16.1. The molecule has 29 heavy (non-hydrogen) atoms. The molecule has 0 heterocycles. The van der Waals surface area contributed by atoms with Crippen LogP contribution in [0.1, 0.15) is 25.0 Å². The molecule has 0 atom stereocenters. The molecule has 1 N–H and O–H groups in total. The van der Waals surface area contributed by atoms with Crippen LogP contribution in [-0.2, 0) is 4.79 Å². The summed E-state index contributed by atoms with van der Waals surface area (Å²) in [5.74, 6) is 0.611. The molecule has 5 nitrogen and oxygen atoms in total. The Hall–Kier alpha value is -1.82. The normalized spacial score (nSPS) is 11.0. The second-order valence-corrected chi connectivity index (χ2v) is 8.49. The largest absolute Gasteiger partial charge is 0.490 e. The van der Waals surface area contributed by atoms with E-state index in [1.54, 1.807) is 12.1 Å². The molecule has 2 aromatic carbocycles. The first kappa shape index (κ1) is 23.5. The third-order valence-corrected chi connectivity index (χ3v) is 5.56. The van der Waals surface area contributed by atoms with Crippen LogP contribution in [0.15, 0.2) is 43.3 Å². The van der Waals surface area contributed by atoms with Crippen LogP contribution in [0.25, 0.3) is 6.08 Å². The summed E-state index contributed by atoms with van der Waals surface area (Å²) in [6.45, 7) is 6.65. The number of nitrogens with one attached hydrogen (secondary N) is 1. The lowest BCUT2D eigenvalue weighted by atomic mass is 10.1. The van der Waals surface area contributed by atoms with Crippen molar-refractivity contribution in [2.45, 2.75) is 20.8 Å². The Kier molecular flexibility index (Phi) is 8.75. The highest BCUT2D eigenvalue weighted by Gasteiger charge is 2.16. The van der Waals surface area contributed by atoms with E-state index in [0.717, 1.165) is 14.5 Å². The molecule has 0 spiro atoms. The molecule has 2 aromatic rings. The van der Waals surface area contributed by atoms with Crippen LogP contribution in [0.3, 0.4) is 0 Å². The topological polar surface area (TPSA) is 71.3 Å². The second-order valence-electron chi connectivity index (χ2n) is 5.92. The molecule has 0 unspecified atom stereocenters. The van der Waals surface area contributed by atoms with Gasteiger partial charge in [-0.3, -0.25) is 4.79 Å². The molecule has 8 heteroatoms. The van der Waals surface area contributed by atoms with E-state index < -0.39 is 5.91 Å². The lowest BCUT2D eigenvalue weighted by molar-refractivity contribution is -0.112. The van der Waals surface area contributed by atoms with Crippen LogP contribution in [0.5, 0.6) is 11.5 Å². The zero-order valence-corrected chi connectivity index (χ0v) is 20.9. The lowest BCUT2D eigenvalue weighted by Crippen LogP contribution is -2.14. The van der Waals surface area contributed by atoms with Crippen molar-refractivity contribution in [2.24, 2.45) is 0 Å². The summed E-state index contributed by atoms with van der Waals surface area (Å²) in [6, 6.07) is 9.24. The number of hydrogen-bond acceptors (Lipinski definition) is 4. The number of amides is 1. The lowest BCUT2D eigenvalue weighted by Gasteiger charge is -2.14. The average Bonchev–Trinajstić information content (AvgIpc) is 2.65. The number of halogens is 3. The van der Waals surface area contributed by atoms with E-state index in [9.17, 15) is 10.1 Å². The number of ether oxygens (including phenoxy) is 2. The van der Waals surface area contributed by atoms with Crippen molar-refractivity contribution in [1.82, 2.24) is 0 Å². The predicted octanol–water partition coefficient (Wildman–Crippen LogP) is 6.63. The first-order valence-corrected chi connectivity index (χ1v) is 11.2. The molecule has 0 saturated heterocycles. The summed E-state index contributed by atoms with van der Waals surface area (Å²) < 4.78 is 13.4. The van der Waals surface area contributed by atoms with Gasteiger partial charge in [-0.25, -0.2) is 0 Å². The van der Waals surface area contributed by atoms with Gasteiger partial charge in [0.15, 0.2) is 11.5 Å². The van der Waals surface area contributed by atoms with Crippen molar-refractivity contribution < 1.29 is 14.3 Å². The van der Waals surface area contributed by atoms with Crippen LogP contribution in [0.2, 0.25) is 0 Å². The number of carbonyl (C=O) groups is 1. The fourth-order valence-corrected chi connectivity index (χ4v) is 4.72. The number of rotatable bonds is 7. The zero-order chi connectivity index (χ0) is 21.6. The van der Waals surface area contributed by atoms with Crippen molar-refractivity contribution in [3.05, 3.63) is 54.4 Å². The molecule has 1 amide bonds. The highest BCUT2D eigenvalue weighted by atomic mass is 79.9. The van der Waals surface area contributed by atoms with Gasteiger partial charge in [0.05, 0.1) is 23.4 Å². The number of nitrogens with zero attached hydrogens (tertiary/aromatic N) is 1. The molecule has 0 aliphatic heterocycles.